The summed E-state index contributed by atoms with van der Waals surface area (Å²) >= 11 is 0. The van der Waals surface area contributed by atoms with Crippen molar-refractivity contribution in [2.24, 2.45) is 10.2 Å². The highest BCUT2D eigenvalue weighted by Gasteiger charge is 2.20. The molecule has 0 saturated carbocycles. The third-order valence-electron chi connectivity index (χ3n) is 5.41. The lowest BCUT2D eigenvalue weighted by atomic mass is 10.0. The molecule has 0 radical (unpaired) electrons. The second kappa shape index (κ2) is 10.0. The van der Waals surface area contributed by atoms with Crippen LogP contribution in [0.4, 0.5) is 11.4 Å². The van der Waals surface area contributed by atoms with Gasteiger partial charge in [0.1, 0.15) is 10.6 Å². The minimum atomic E-state index is -3.98. The molecule has 0 aromatic heterocycles. The molecule has 6 nitrogen and oxygen atoms in total. The van der Waals surface area contributed by atoms with Crippen molar-refractivity contribution in [2.75, 3.05) is 0 Å². The minimum absolute atomic E-state index is 0.0883. The highest BCUT2D eigenvalue weighted by Crippen LogP contribution is 2.32. The first-order valence-electron chi connectivity index (χ1n) is 11.0. The molecule has 0 aliphatic rings. The van der Waals surface area contributed by atoms with Crippen LogP contribution in [0.15, 0.2) is 106 Å². The van der Waals surface area contributed by atoms with Crippen LogP contribution in [-0.4, -0.2) is 14.2 Å². The van der Waals surface area contributed by atoms with E-state index in [9.17, 15) is 13.2 Å². The Balaban J connectivity index is 1.60. The third-order valence-corrected chi connectivity index (χ3v) is 6.64. The highest BCUT2D eigenvalue weighted by atomic mass is 32.2. The Labute approximate surface area is 205 Å². The number of carbonyl (C=O) groups excluding carboxylic acids is 1. The minimum Gasteiger partial charge on any atom is -0.378 e. The molecule has 0 amide bonds. The fourth-order valence-corrected chi connectivity index (χ4v) is 4.64. The summed E-state index contributed by atoms with van der Waals surface area (Å²) in [5.41, 5.74) is 4.13. The quantitative estimate of drug-likeness (QED) is 0.160. The lowest BCUT2D eigenvalue weighted by Gasteiger charge is -2.13. The van der Waals surface area contributed by atoms with Crippen molar-refractivity contribution in [1.82, 2.24) is 0 Å². The number of azo groups is 1. The monoisotopic (exact) mass is 484 g/mol. The highest BCUT2D eigenvalue weighted by molar-refractivity contribution is 7.87. The number of carbonyl (C=O) groups is 1. The van der Waals surface area contributed by atoms with Crippen molar-refractivity contribution in [2.45, 2.75) is 25.7 Å². The molecule has 0 atom stereocenters. The molecule has 4 aromatic carbocycles. The summed E-state index contributed by atoms with van der Waals surface area (Å²) in [5, 5.41) is 8.62. The van der Waals surface area contributed by atoms with Gasteiger partial charge < -0.3 is 4.18 Å². The maximum absolute atomic E-state index is 12.9. The van der Waals surface area contributed by atoms with E-state index in [0.717, 1.165) is 5.56 Å². The Kier molecular flexibility index (Phi) is 6.89. The van der Waals surface area contributed by atoms with Gasteiger partial charge in [-0.15, -0.1) is 5.11 Å². The van der Waals surface area contributed by atoms with E-state index in [2.05, 4.69) is 10.2 Å². The maximum Gasteiger partial charge on any atom is 0.339 e. The van der Waals surface area contributed by atoms with Gasteiger partial charge in [0.25, 0.3) is 0 Å². The summed E-state index contributed by atoms with van der Waals surface area (Å²) in [6.07, 6.45) is 0. The number of aryl methyl sites for hydroxylation is 3. The number of ketones is 1. The average molecular weight is 485 g/mol. The van der Waals surface area contributed by atoms with Crippen molar-refractivity contribution in [3.63, 3.8) is 0 Å². The van der Waals surface area contributed by atoms with Gasteiger partial charge in [0.2, 0.25) is 0 Å². The van der Waals surface area contributed by atoms with E-state index >= 15 is 0 Å². The molecule has 0 fully saturated rings. The summed E-state index contributed by atoms with van der Waals surface area (Å²) < 4.78 is 30.9. The zero-order chi connectivity index (χ0) is 25.0. The number of benzene rings is 4. The Hall–Kier alpha value is -4.10. The van der Waals surface area contributed by atoms with Crippen molar-refractivity contribution in [3.8, 4) is 5.75 Å². The van der Waals surface area contributed by atoms with Gasteiger partial charge in [-0.2, -0.15) is 13.5 Å². The Morgan fingerprint density at radius 1 is 0.743 bits per heavy atom. The molecule has 176 valence electrons. The van der Waals surface area contributed by atoms with Gasteiger partial charge in [-0.25, -0.2) is 0 Å². The SMILES string of the molecule is Cc1ccc(S(=O)(=O)Oc2c(C)cc(N=Nc3ccccc3C(=O)c3ccccc3)cc2C)cc1. The Bertz CT molecular complexity index is 1490. The second-order valence-corrected chi connectivity index (χ2v) is 9.72. The molecular weight excluding hydrogens is 460 g/mol. The van der Waals surface area contributed by atoms with E-state index in [1.165, 1.54) is 12.1 Å². The van der Waals surface area contributed by atoms with Crippen LogP contribution in [0.1, 0.15) is 32.6 Å². The largest absolute Gasteiger partial charge is 0.378 e. The summed E-state index contributed by atoms with van der Waals surface area (Å²) in [7, 11) is -3.98. The maximum atomic E-state index is 12.9. The van der Waals surface area contributed by atoms with E-state index in [-0.39, 0.29) is 16.4 Å². The first kappa shape index (κ1) is 24.0. The normalized spacial score (nSPS) is 11.5. The summed E-state index contributed by atoms with van der Waals surface area (Å²) in [5.74, 6) is 0.113. The summed E-state index contributed by atoms with van der Waals surface area (Å²) in [6, 6.07) is 25.9. The number of hydrogen-bond donors (Lipinski definition) is 0. The summed E-state index contributed by atoms with van der Waals surface area (Å²) in [6.45, 7) is 5.38. The third kappa shape index (κ3) is 5.53. The summed E-state index contributed by atoms with van der Waals surface area (Å²) in [4.78, 5) is 13.0. The molecule has 0 saturated heterocycles. The average Bonchev–Trinajstić information content (AvgIpc) is 2.85. The van der Waals surface area contributed by atoms with Crippen molar-refractivity contribution >= 4 is 27.3 Å². The van der Waals surface area contributed by atoms with Crippen LogP contribution < -0.4 is 4.18 Å². The van der Waals surface area contributed by atoms with Gasteiger partial charge in [-0.3, -0.25) is 4.79 Å². The zero-order valence-corrected chi connectivity index (χ0v) is 20.4. The first-order valence-corrected chi connectivity index (χ1v) is 12.4. The molecule has 4 aromatic rings. The van der Waals surface area contributed by atoms with Gasteiger partial charge in [-0.1, -0.05) is 60.2 Å². The second-order valence-electron chi connectivity index (χ2n) is 8.17. The van der Waals surface area contributed by atoms with E-state index < -0.39 is 10.1 Å². The predicted molar refractivity (Wildman–Crippen MR) is 135 cm³/mol. The van der Waals surface area contributed by atoms with E-state index in [1.54, 1.807) is 74.5 Å². The first-order chi connectivity index (χ1) is 16.7. The molecule has 0 aliphatic heterocycles. The standard InChI is InChI=1S/C28H24N2O4S/c1-19-13-15-24(16-14-19)35(32,33)34-28-20(2)17-23(18-21(28)3)29-30-26-12-8-7-11-25(26)27(31)22-9-5-4-6-10-22/h4-18H,1-3H3. The number of nitrogens with zero attached hydrogens (tertiary/aromatic N) is 2. The predicted octanol–water partition coefficient (Wildman–Crippen LogP) is 7.03. The zero-order valence-electron chi connectivity index (χ0n) is 19.6. The lowest BCUT2D eigenvalue weighted by Crippen LogP contribution is -2.11. The Morgan fingerprint density at radius 3 is 2.00 bits per heavy atom. The van der Waals surface area contributed by atoms with Crippen LogP contribution in [0, 0.1) is 20.8 Å². The molecule has 4 rings (SSSR count). The molecule has 0 spiro atoms. The van der Waals surface area contributed by atoms with Crippen LogP contribution in [0.3, 0.4) is 0 Å². The van der Waals surface area contributed by atoms with E-state index in [0.29, 0.717) is 33.6 Å². The van der Waals surface area contributed by atoms with Crippen LogP contribution >= 0.6 is 0 Å². The Morgan fingerprint density at radius 2 is 1.34 bits per heavy atom. The molecule has 0 bridgehead atoms. The van der Waals surface area contributed by atoms with Crippen LogP contribution in [0.2, 0.25) is 0 Å². The molecular formula is C28H24N2O4S. The van der Waals surface area contributed by atoms with E-state index in [4.69, 9.17) is 4.18 Å². The molecule has 0 N–H and O–H groups in total. The molecule has 7 heteroatoms. The molecule has 0 aliphatic carbocycles. The van der Waals surface area contributed by atoms with Gasteiger partial charge in [0.15, 0.2) is 5.78 Å². The van der Waals surface area contributed by atoms with Gasteiger partial charge in [0, 0.05) is 5.56 Å². The lowest BCUT2D eigenvalue weighted by molar-refractivity contribution is 0.103. The fraction of sp³-hybridized carbons (Fsp3) is 0.107. The van der Waals surface area contributed by atoms with Crippen LogP contribution in [-0.2, 0) is 10.1 Å². The van der Waals surface area contributed by atoms with Crippen molar-refractivity contribution in [1.29, 1.82) is 0 Å². The molecule has 35 heavy (non-hydrogen) atoms. The van der Waals surface area contributed by atoms with Crippen molar-refractivity contribution in [3.05, 3.63) is 119 Å². The number of hydrogen-bond acceptors (Lipinski definition) is 6. The molecule has 0 heterocycles. The van der Waals surface area contributed by atoms with E-state index in [1.807, 2.05) is 25.1 Å². The van der Waals surface area contributed by atoms with Gasteiger partial charge in [0.05, 0.1) is 16.9 Å². The number of rotatable bonds is 7. The van der Waals surface area contributed by atoms with Gasteiger partial charge >= 0.3 is 10.1 Å². The fourth-order valence-electron chi connectivity index (χ4n) is 3.59. The van der Waals surface area contributed by atoms with Crippen LogP contribution in [0.5, 0.6) is 5.75 Å². The van der Waals surface area contributed by atoms with Crippen molar-refractivity contribution < 1.29 is 17.4 Å². The van der Waals surface area contributed by atoms with Gasteiger partial charge in [-0.05, 0) is 68.3 Å². The molecule has 0 unspecified atom stereocenters. The topological polar surface area (TPSA) is 85.2 Å². The smallest absolute Gasteiger partial charge is 0.339 e. The van der Waals surface area contributed by atoms with Crippen LogP contribution in [0.25, 0.3) is 0 Å².